The molecule has 0 saturated carbocycles. The first kappa shape index (κ1) is 15.3. The van der Waals surface area contributed by atoms with Gasteiger partial charge in [-0.1, -0.05) is 15.9 Å². The Bertz CT molecular complexity index is 632. The molecule has 0 aromatic heterocycles. The zero-order valence-electron chi connectivity index (χ0n) is 10.9. The van der Waals surface area contributed by atoms with Gasteiger partial charge in [0.05, 0.1) is 18.7 Å². The molecule has 1 saturated heterocycles. The summed E-state index contributed by atoms with van der Waals surface area (Å²) >= 11 is 3.23. The van der Waals surface area contributed by atoms with Crippen LogP contribution in [0, 0.1) is 5.92 Å². The van der Waals surface area contributed by atoms with Gasteiger partial charge in [0.2, 0.25) is 10.0 Å². The monoisotopic (exact) mass is 362 g/mol. The molecule has 1 fully saturated rings. The van der Waals surface area contributed by atoms with Crippen LogP contribution in [0.2, 0.25) is 0 Å². The molecule has 6 nitrogen and oxygen atoms in total. The van der Waals surface area contributed by atoms with Crippen LogP contribution < -0.4 is 5.73 Å². The number of sulfonamides is 1. The van der Waals surface area contributed by atoms with Crippen LogP contribution >= 0.6 is 15.9 Å². The van der Waals surface area contributed by atoms with Crippen molar-refractivity contribution in [3.05, 3.63) is 22.7 Å². The van der Waals surface area contributed by atoms with Crippen LogP contribution in [-0.4, -0.2) is 38.9 Å². The number of rotatable bonds is 3. The van der Waals surface area contributed by atoms with Crippen molar-refractivity contribution in [2.24, 2.45) is 5.92 Å². The fourth-order valence-corrected chi connectivity index (χ4v) is 4.17. The number of benzene rings is 1. The molecule has 0 bridgehead atoms. The quantitative estimate of drug-likeness (QED) is 0.644. The number of hydrogen-bond acceptors (Lipinski definition) is 5. The number of carbonyl (C=O) groups is 1. The Labute approximate surface area is 126 Å². The first-order valence-corrected chi connectivity index (χ1v) is 8.22. The van der Waals surface area contributed by atoms with Crippen LogP contribution in [0.25, 0.3) is 0 Å². The molecule has 1 aromatic rings. The summed E-state index contributed by atoms with van der Waals surface area (Å²) in [5.41, 5.74) is 5.95. The van der Waals surface area contributed by atoms with Gasteiger partial charge in [-0.05, 0) is 24.6 Å². The number of ether oxygens (including phenoxy) is 1. The highest BCUT2D eigenvalue weighted by atomic mass is 79.9. The van der Waals surface area contributed by atoms with Crippen LogP contribution in [0.15, 0.2) is 27.6 Å². The number of nitrogens with zero attached hydrogens (tertiary/aromatic N) is 1. The van der Waals surface area contributed by atoms with Crippen molar-refractivity contribution in [1.82, 2.24) is 4.31 Å². The first-order valence-electron chi connectivity index (χ1n) is 5.99. The van der Waals surface area contributed by atoms with Gasteiger partial charge < -0.3 is 10.5 Å². The van der Waals surface area contributed by atoms with E-state index in [1.165, 1.54) is 17.5 Å². The van der Waals surface area contributed by atoms with Gasteiger partial charge in [0.25, 0.3) is 0 Å². The molecule has 0 aliphatic carbocycles. The molecule has 1 atom stereocenters. The average molecular weight is 363 g/mol. The third-order valence-corrected chi connectivity index (χ3v) is 5.71. The van der Waals surface area contributed by atoms with Gasteiger partial charge in [-0.2, -0.15) is 4.31 Å². The minimum absolute atomic E-state index is 0.0613. The summed E-state index contributed by atoms with van der Waals surface area (Å²) in [6.45, 7) is 0.419. The zero-order valence-corrected chi connectivity index (χ0v) is 13.3. The summed E-state index contributed by atoms with van der Waals surface area (Å²) in [6.07, 6.45) is 0.461. The van der Waals surface area contributed by atoms with Crippen molar-refractivity contribution in [1.29, 1.82) is 0 Å². The van der Waals surface area contributed by atoms with Gasteiger partial charge in [0.15, 0.2) is 0 Å². The molecule has 0 spiro atoms. The van der Waals surface area contributed by atoms with Crippen molar-refractivity contribution in [3.63, 3.8) is 0 Å². The van der Waals surface area contributed by atoms with Gasteiger partial charge >= 0.3 is 5.97 Å². The molecule has 8 heteroatoms. The smallest absolute Gasteiger partial charge is 0.310 e. The lowest BCUT2D eigenvalue weighted by atomic mass is 10.1. The van der Waals surface area contributed by atoms with Gasteiger partial charge in [-0.25, -0.2) is 8.42 Å². The maximum Gasteiger partial charge on any atom is 0.310 e. The molecule has 1 heterocycles. The number of nitrogen functional groups attached to an aromatic ring is 1. The van der Waals surface area contributed by atoms with Crippen molar-refractivity contribution < 1.29 is 17.9 Å². The van der Waals surface area contributed by atoms with Crippen molar-refractivity contribution in [2.45, 2.75) is 11.3 Å². The Balaban J connectivity index is 2.26. The lowest BCUT2D eigenvalue weighted by Gasteiger charge is -2.17. The first-order chi connectivity index (χ1) is 9.36. The Morgan fingerprint density at radius 1 is 1.50 bits per heavy atom. The second-order valence-corrected chi connectivity index (χ2v) is 7.38. The standard InChI is InChI=1S/C12H15BrN2O4S/c1-19-12(16)8-4-5-15(7-8)20(17,18)11-3-2-9(13)6-10(11)14/h2-3,6,8H,4-5,7,14H2,1H3. The van der Waals surface area contributed by atoms with E-state index in [1.54, 1.807) is 12.1 Å². The van der Waals surface area contributed by atoms with Gasteiger partial charge in [0, 0.05) is 17.6 Å². The maximum absolute atomic E-state index is 12.5. The SMILES string of the molecule is COC(=O)C1CCN(S(=O)(=O)c2ccc(Br)cc2N)C1. The van der Waals surface area contributed by atoms with E-state index in [-0.39, 0.29) is 29.6 Å². The predicted octanol–water partition coefficient (Wildman–Crippen LogP) is 1.21. The normalized spacial score (nSPS) is 20.0. The Morgan fingerprint density at radius 3 is 2.80 bits per heavy atom. The number of halogens is 1. The summed E-state index contributed by atoms with van der Waals surface area (Å²) in [6, 6.07) is 4.62. The third-order valence-electron chi connectivity index (χ3n) is 3.28. The minimum atomic E-state index is -3.68. The number of hydrogen-bond donors (Lipinski definition) is 1. The third kappa shape index (κ3) is 2.82. The molecule has 1 aliphatic rings. The van der Waals surface area contributed by atoms with Gasteiger partial charge in [0.1, 0.15) is 4.90 Å². The highest BCUT2D eigenvalue weighted by molar-refractivity contribution is 9.10. The van der Waals surface area contributed by atoms with Crippen LogP contribution in [0.4, 0.5) is 5.69 Å². The number of methoxy groups -OCH3 is 1. The highest BCUT2D eigenvalue weighted by Crippen LogP contribution is 2.29. The summed E-state index contributed by atoms with van der Waals surface area (Å²) in [5, 5.41) is 0. The lowest BCUT2D eigenvalue weighted by molar-refractivity contribution is -0.144. The summed E-state index contributed by atoms with van der Waals surface area (Å²) in [4.78, 5) is 11.5. The second-order valence-electron chi connectivity index (χ2n) is 4.55. The fourth-order valence-electron chi connectivity index (χ4n) is 2.20. The lowest BCUT2D eigenvalue weighted by Crippen LogP contribution is -2.30. The highest BCUT2D eigenvalue weighted by Gasteiger charge is 2.37. The van der Waals surface area contributed by atoms with E-state index in [0.717, 1.165) is 0 Å². The van der Waals surface area contributed by atoms with Gasteiger partial charge in [-0.3, -0.25) is 4.79 Å². The van der Waals surface area contributed by atoms with E-state index in [2.05, 4.69) is 20.7 Å². The molecule has 2 rings (SSSR count). The number of nitrogens with two attached hydrogens (primary N) is 1. The van der Waals surface area contributed by atoms with Gasteiger partial charge in [-0.15, -0.1) is 0 Å². The number of esters is 1. The predicted molar refractivity (Wildman–Crippen MR) is 77.4 cm³/mol. The fraction of sp³-hybridized carbons (Fsp3) is 0.417. The molecule has 1 unspecified atom stereocenters. The van der Waals surface area contributed by atoms with Crippen LogP contribution in [-0.2, 0) is 19.6 Å². The number of carbonyl (C=O) groups excluding carboxylic acids is 1. The summed E-state index contributed by atoms with van der Waals surface area (Å²) < 4.78 is 31.6. The van der Waals surface area contributed by atoms with Crippen LogP contribution in [0.5, 0.6) is 0 Å². The van der Waals surface area contributed by atoms with E-state index in [0.29, 0.717) is 10.9 Å². The number of anilines is 1. The molecule has 2 N–H and O–H groups in total. The van der Waals surface area contributed by atoms with E-state index in [1.807, 2.05) is 0 Å². The topological polar surface area (TPSA) is 89.7 Å². The Hall–Kier alpha value is -1.12. The van der Waals surface area contributed by atoms with Crippen LogP contribution in [0.1, 0.15) is 6.42 Å². The minimum Gasteiger partial charge on any atom is -0.469 e. The average Bonchev–Trinajstić information content (AvgIpc) is 2.87. The van der Waals surface area contributed by atoms with E-state index >= 15 is 0 Å². The molecule has 0 amide bonds. The molecule has 110 valence electrons. The summed E-state index contributed by atoms with van der Waals surface area (Å²) in [7, 11) is -2.38. The van der Waals surface area contributed by atoms with E-state index < -0.39 is 15.9 Å². The van der Waals surface area contributed by atoms with Crippen molar-refractivity contribution in [2.75, 3.05) is 25.9 Å². The van der Waals surface area contributed by atoms with E-state index in [9.17, 15) is 13.2 Å². The Morgan fingerprint density at radius 2 is 2.20 bits per heavy atom. The van der Waals surface area contributed by atoms with Crippen molar-refractivity contribution in [3.8, 4) is 0 Å². The summed E-state index contributed by atoms with van der Waals surface area (Å²) in [5.74, 6) is -0.794. The van der Waals surface area contributed by atoms with E-state index in [4.69, 9.17) is 5.73 Å². The largest absolute Gasteiger partial charge is 0.469 e. The van der Waals surface area contributed by atoms with Crippen LogP contribution in [0.3, 0.4) is 0 Å². The molecule has 1 aliphatic heterocycles. The molecule has 0 radical (unpaired) electrons. The molecule has 1 aromatic carbocycles. The zero-order chi connectivity index (χ0) is 14.9. The maximum atomic E-state index is 12.5. The Kier molecular flexibility index (Phi) is 4.36. The van der Waals surface area contributed by atoms with Crippen molar-refractivity contribution >= 4 is 37.6 Å². The molecular formula is C12H15BrN2O4S. The molecule has 20 heavy (non-hydrogen) atoms. The molecular weight excluding hydrogens is 348 g/mol. The second kappa shape index (κ2) is 5.71.